The molecule has 3 aromatic heterocycles. The third kappa shape index (κ3) is 2.68. The summed E-state index contributed by atoms with van der Waals surface area (Å²) in [5.74, 6) is 0. The summed E-state index contributed by atoms with van der Waals surface area (Å²) >= 11 is 0. The highest BCUT2D eigenvalue weighted by atomic mass is 16.5. The van der Waals surface area contributed by atoms with Gasteiger partial charge in [-0.15, -0.1) is 10.2 Å². The predicted molar refractivity (Wildman–Crippen MR) is 94.5 cm³/mol. The quantitative estimate of drug-likeness (QED) is 0.522. The molecule has 0 aliphatic heterocycles. The number of hydrogen-bond acceptors (Lipinski definition) is 5. The fourth-order valence-corrected chi connectivity index (χ4v) is 2.91. The van der Waals surface area contributed by atoms with Gasteiger partial charge in [-0.3, -0.25) is 4.79 Å². The molecule has 0 fully saturated rings. The maximum Gasteiger partial charge on any atom is 0.280 e. The molecule has 1 aromatic carbocycles. The SMILES string of the molecule is COCCCn1ccc2c(nnc3c(-c4ccccc4)cnn32)c1=O. The van der Waals surface area contributed by atoms with Crippen LogP contribution in [-0.4, -0.2) is 38.1 Å². The van der Waals surface area contributed by atoms with E-state index in [-0.39, 0.29) is 5.56 Å². The second kappa shape index (κ2) is 6.45. The average molecular weight is 335 g/mol. The van der Waals surface area contributed by atoms with Gasteiger partial charge in [0.1, 0.15) is 5.52 Å². The molecule has 7 heteroatoms. The summed E-state index contributed by atoms with van der Waals surface area (Å²) in [6.45, 7) is 1.19. The molecular formula is C18H17N5O2. The van der Waals surface area contributed by atoms with Crippen LogP contribution in [0.1, 0.15) is 6.42 Å². The van der Waals surface area contributed by atoms with E-state index >= 15 is 0 Å². The van der Waals surface area contributed by atoms with E-state index in [0.717, 1.165) is 17.5 Å². The number of nitrogens with zero attached hydrogens (tertiary/aromatic N) is 5. The molecule has 0 aliphatic carbocycles. The molecule has 126 valence electrons. The molecule has 0 spiro atoms. The highest BCUT2D eigenvalue weighted by molar-refractivity contribution is 5.82. The van der Waals surface area contributed by atoms with Gasteiger partial charge in [-0.25, -0.2) is 4.52 Å². The van der Waals surface area contributed by atoms with E-state index in [9.17, 15) is 4.79 Å². The van der Waals surface area contributed by atoms with Crippen molar-refractivity contribution in [3.8, 4) is 11.1 Å². The number of hydrogen-bond donors (Lipinski definition) is 0. The molecule has 0 bridgehead atoms. The largest absolute Gasteiger partial charge is 0.385 e. The van der Waals surface area contributed by atoms with Crippen molar-refractivity contribution >= 4 is 16.7 Å². The zero-order chi connectivity index (χ0) is 17.2. The van der Waals surface area contributed by atoms with Crippen LogP contribution in [0.2, 0.25) is 0 Å². The fourth-order valence-electron chi connectivity index (χ4n) is 2.91. The van der Waals surface area contributed by atoms with Gasteiger partial charge in [0.2, 0.25) is 0 Å². The van der Waals surface area contributed by atoms with E-state index < -0.39 is 0 Å². The molecule has 7 nitrogen and oxygen atoms in total. The topological polar surface area (TPSA) is 74.3 Å². The Morgan fingerprint density at radius 2 is 1.96 bits per heavy atom. The summed E-state index contributed by atoms with van der Waals surface area (Å²) in [6, 6.07) is 11.7. The third-order valence-electron chi connectivity index (χ3n) is 4.17. The van der Waals surface area contributed by atoms with E-state index in [1.807, 2.05) is 36.4 Å². The van der Waals surface area contributed by atoms with Crippen LogP contribution in [0, 0.1) is 0 Å². The Hall–Kier alpha value is -3.06. The van der Waals surface area contributed by atoms with Gasteiger partial charge in [0.25, 0.3) is 5.56 Å². The number of pyridine rings is 1. The highest BCUT2D eigenvalue weighted by Crippen LogP contribution is 2.23. The Labute approximate surface area is 143 Å². The Balaban J connectivity index is 1.84. The first-order valence-corrected chi connectivity index (χ1v) is 8.07. The van der Waals surface area contributed by atoms with E-state index in [0.29, 0.717) is 29.8 Å². The lowest BCUT2D eigenvalue weighted by Crippen LogP contribution is -2.22. The summed E-state index contributed by atoms with van der Waals surface area (Å²) in [7, 11) is 1.65. The molecule has 4 aromatic rings. The maximum absolute atomic E-state index is 12.6. The summed E-state index contributed by atoms with van der Waals surface area (Å²) in [6.07, 6.45) is 4.28. The number of aryl methyl sites for hydroxylation is 1. The zero-order valence-corrected chi connectivity index (χ0v) is 13.8. The molecule has 4 rings (SSSR count). The van der Waals surface area contributed by atoms with Crippen molar-refractivity contribution in [1.29, 1.82) is 0 Å². The monoisotopic (exact) mass is 335 g/mol. The van der Waals surface area contributed by atoms with Gasteiger partial charge >= 0.3 is 0 Å². The van der Waals surface area contributed by atoms with Crippen LogP contribution in [0.4, 0.5) is 0 Å². The third-order valence-corrected chi connectivity index (χ3v) is 4.17. The minimum atomic E-state index is -0.167. The second-order valence-corrected chi connectivity index (χ2v) is 5.75. The molecule has 25 heavy (non-hydrogen) atoms. The summed E-state index contributed by atoms with van der Waals surface area (Å²) < 4.78 is 8.34. The van der Waals surface area contributed by atoms with Gasteiger partial charge in [-0.2, -0.15) is 5.10 Å². The van der Waals surface area contributed by atoms with Crippen LogP contribution >= 0.6 is 0 Å². The van der Waals surface area contributed by atoms with Crippen LogP contribution < -0.4 is 5.56 Å². The lowest BCUT2D eigenvalue weighted by Gasteiger charge is -2.07. The van der Waals surface area contributed by atoms with Gasteiger partial charge in [-0.1, -0.05) is 30.3 Å². The van der Waals surface area contributed by atoms with Gasteiger partial charge < -0.3 is 9.30 Å². The number of ether oxygens (including phenoxy) is 1. The first-order valence-electron chi connectivity index (χ1n) is 8.07. The lowest BCUT2D eigenvalue weighted by molar-refractivity contribution is 0.190. The highest BCUT2D eigenvalue weighted by Gasteiger charge is 2.13. The van der Waals surface area contributed by atoms with Crippen molar-refractivity contribution in [2.75, 3.05) is 13.7 Å². The first-order chi connectivity index (χ1) is 12.3. The zero-order valence-electron chi connectivity index (χ0n) is 13.8. The lowest BCUT2D eigenvalue weighted by atomic mass is 10.1. The summed E-state index contributed by atoms with van der Waals surface area (Å²) in [5, 5.41) is 12.9. The molecule has 0 N–H and O–H groups in total. The van der Waals surface area contributed by atoms with E-state index in [2.05, 4.69) is 15.3 Å². The van der Waals surface area contributed by atoms with Gasteiger partial charge in [0.05, 0.1) is 6.20 Å². The molecule has 0 saturated carbocycles. The fraction of sp³-hybridized carbons (Fsp3) is 0.222. The number of fused-ring (bicyclic) bond motifs is 3. The Morgan fingerprint density at radius 1 is 1.12 bits per heavy atom. The van der Waals surface area contributed by atoms with E-state index in [1.165, 1.54) is 0 Å². The molecule has 0 unspecified atom stereocenters. The number of benzene rings is 1. The van der Waals surface area contributed by atoms with Crippen molar-refractivity contribution < 1.29 is 4.74 Å². The Kier molecular flexibility index (Phi) is 3.99. The number of methoxy groups -OCH3 is 1. The normalized spacial score (nSPS) is 11.4. The van der Waals surface area contributed by atoms with Crippen LogP contribution in [-0.2, 0) is 11.3 Å². The average Bonchev–Trinajstić information content (AvgIpc) is 3.09. The van der Waals surface area contributed by atoms with Gasteiger partial charge in [0.15, 0.2) is 11.2 Å². The van der Waals surface area contributed by atoms with Crippen LogP contribution in [0.5, 0.6) is 0 Å². The molecule has 0 saturated heterocycles. The summed E-state index contributed by atoms with van der Waals surface area (Å²) in [5.41, 5.74) is 3.34. The van der Waals surface area contributed by atoms with Crippen molar-refractivity contribution in [2.24, 2.45) is 0 Å². The van der Waals surface area contributed by atoms with Gasteiger partial charge in [-0.05, 0) is 18.1 Å². The van der Waals surface area contributed by atoms with Crippen molar-refractivity contribution in [3.63, 3.8) is 0 Å². The van der Waals surface area contributed by atoms with Gasteiger partial charge in [0, 0.05) is 32.0 Å². The molecule has 0 atom stereocenters. The minimum absolute atomic E-state index is 0.167. The van der Waals surface area contributed by atoms with Crippen LogP contribution in [0.3, 0.4) is 0 Å². The summed E-state index contributed by atoms with van der Waals surface area (Å²) in [4.78, 5) is 12.6. The van der Waals surface area contributed by atoms with E-state index in [1.54, 1.807) is 28.6 Å². The standard InChI is InChI=1S/C18H17N5O2/c1-25-11-5-9-22-10-8-15-16(18(22)24)20-21-17-14(12-19-23(15)17)13-6-3-2-4-7-13/h2-4,6-8,10,12H,5,9,11H2,1H3. The maximum atomic E-state index is 12.6. The Bertz CT molecular complexity index is 1090. The van der Waals surface area contributed by atoms with E-state index in [4.69, 9.17) is 4.74 Å². The molecule has 0 amide bonds. The molecule has 3 heterocycles. The molecular weight excluding hydrogens is 318 g/mol. The minimum Gasteiger partial charge on any atom is -0.385 e. The first kappa shape index (κ1) is 15.5. The van der Waals surface area contributed by atoms with Crippen LogP contribution in [0.15, 0.2) is 53.6 Å². The number of aromatic nitrogens is 5. The molecule has 0 aliphatic rings. The van der Waals surface area contributed by atoms with Crippen LogP contribution in [0.25, 0.3) is 27.8 Å². The number of rotatable bonds is 5. The van der Waals surface area contributed by atoms with Crippen molar-refractivity contribution in [1.82, 2.24) is 24.4 Å². The molecule has 0 radical (unpaired) electrons. The van der Waals surface area contributed by atoms with Crippen molar-refractivity contribution in [3.05, 3.63) is 59.1 Å². The van der Waals surface area contributed by atoms with Crippen molar-refractivity contribution in [2.45, 2.75) is 13.0 Å². The smallest absolute Gasteiger partial charge is 0.280 e. The second-order valence-electron chi connectivity index (χ2n) is 5.75. The Morgan fingerprint density at radius 3 is 2.76 bits per heavy atom. The predicted octanol–water partition coefficient (Wildman–Crippen LogP) is 2.14.